The Morgan fingerprint density at radius 3 is 2.24 bits per heavy atom. The van der Waals surface area contributed by atoms with E-state index in [4.69, 9.17) is 0 Å². The van der Waals surface area contributed by atoms with Crippen molar-refractivity contribution in [1.29, 1.82) is 0 Å². The second-order valence-electron chi connectivity index (χ2n) is 5.39. The maximum Gasteiger partial charge on any atom is 0.179 e. The first-order valence-corrected chi connectivity index (χ1v) is 7.17. The summed E-state index contributed by atoms with van der Waals surface area (Å²) < 4.78 is 0. The van der Waals surface area contributed by atoms with E-state index in [0.717, 1.165) is 11.3 Å². The predicted octanol–water partition coefficient (Wildman–Crippen LogP) is 3.11. The van der Waals surface area contributed by atoms with Crippen molar-refractivity contribution in [2.45, 2.75) is 19.5 Å². The van der Waals surface area contributed by atoms with E-state index >= 15 is 0 Å². The summed E-state index contributed by atoms with van der Waals surface area (Å²) >= 11 is 0. The fraction of sp³-hybridized carbons (Fsp3) is 0.278. The highest BCUT2D eigenvalue weighted by Gasteiger charge is 2.14. The van der Waals surface area contributed by atoms with Crippen LogP contribution in [0.2, 0.25) is 0 Å². The van der Waals surface area contributed by atoms with Gasteiger partial charge in [0.25, 0.3) is 0 Å². The van der Waals surface area contributed by atoms with Crippen molar-refractivity contribution in [3.8, 4) is 0 Å². The number of carbonyl (C=O) groups is 1. The third-order valence-electron chi connectivity index (χ3n) is 3.52. The van der Waals surface area contributed by atoms with E-state index < -0.39 is 0 Å². The van der Waals surface area contributed by atoms with Crippen LogP contribution in [0, 0.1) is 0 Å². The number of nitrogens with one attached hydrogen (secondary N) is 1. The van der Waals surface area contributed by atoms with Crippen molar-refractivity contribution in [1.82, 2.24) is 5.32 Å². The predicted molar refractivity (Wildman–Crippen MR) is 87.8 cm³/mol. The lowest BCUT2D eigenvalue weighted by atomic mass is 10.0. The minimum Gasteiger partial charge on any atom is -0.378 e. The van der Waals surface area contributed by atoms with Crippen LogP contribution in [-0.4, -0.2) is 25.9 Å². The molecule has 2 aromatic carbocycles. The molecular formula is C18H22N2O. The summed E-state index contributed by atoms with van der Waals surface area (Å²) in [6, 6.07) is 17.6. The normalized spacial score (nSPS) is 12.0. The molecular weight excluding hydrogens is 260 g/mol. The molecule has 0 saturated carbocycles. The topological polar surface area (TPSA) is 32.3 Å². The summed E-state index contributed by atoms with van der Waals surface area (Å²) in [4.78, 5) is 14.4. The highest BCUT2D eigenvalue weighted by molar-refractivity contribution is 6.00. The SMILES string of the molecule is CC(NCc1ccccc1)C(=O)c1ccc(N(C)C)cc1. The molecule has 1 atom stereocenters. The van der Waals surface area contributed by atoms with Crippen LogP contribution in [-0.2, 0) is 6.54 Å². The molecule has 0 fully saturated rings. The zero-order chi connectivity index (χ0) is 15.2. The van der Waals surface area contributed by atoms with Crippen LogP contribution in [0.4, 0.5) is 5.69 Å². The second kappa shape index (κ2) is 7.04. The zero-order valence-corrected chi connectivity index (χ0v) is 12.8. The van der Waals surface area contributed by atoms with Crippen LogP contribution in [0.5, 0.6) is 0 Å². The van der Waals surface area contributed by atoms with Crippen LogP contribution in [0.25, 0.3) is 0 Å². The summed E-state index contributed by atoms with van der Waals surface area (Å²) in [5, 5.41) is 3.27. The van der Waals surface area contributed by atoms with Crippen LogP contribution < -0.4 is 10.2 Å². The summed E-state index contributed by atoms with van der Waals surface area (Å²) in [6.07, 6.45) is 0. The molecule has 21 heavy (non-hydrogen) atoms. The molecule has 1 unspecified atom stereocenters. The van der Waals surface area contributed by atoms with Gasteiger partial charge in [0.15, 0.2) is 5.78 Å². The van der Waals surface area contributed by atoms with Crippen LogP contribution in [0.1, 0.15) is 22.8 Å². The van der Waals surface area contributed by atoms with Gasteiger partial charge in [0.05, 0.1) is 6.04 Å². The zero-order valence-electron chi connectivity index (χ0n) is 12.8. The number of carbonyl (C=O) groups excluding carboxylic acids is 1. The molecule has 3 nitrogen and oxygen atoms in total. The van der Waals surface area contributed by atoms with Gasteiger partial charge >= 0.3 is 0 Å². The van der Waals surface area contributed by atoms with E-state index in [2.05, 4.69) is 17.4 Å². The van der Waals surface area contributed by atoms with Gasteiger partial charge in [-0.2, -0.15) is 0 Å². The van der Waals surface area contributed by atoms with Crippen molar-refractivity contribution >= 4 is 11.5 Å². The number of Topliss-reactive ketones (excluding diaryl/α,β-unsaturated/α-hetero) is 1. The molecule has 0 aliphatic heterocycles. The molecule has 0 spiro atoms. The average molecular weight is 282 g/mol. The number of anilines is 1. The third kappa shape index (κ3) is 4.17. The maximum atomic E-state index is 12.4. The Bertz CT molecular complexity index is 576. The Labute approximate surface area is 126 Å². The number of ketones is 1. The van der Waals surface area contributed by atoms with Gasteiger partial charge in [0, 0.05) is 31.9 Å². The summed E-state index contributed by atoms with van der Waals surface area (Å²) in [5.74, 6) is 0.122. The molecule has 0 saturated heterocycles. The van der Waals surface area contributed by atoms with Gasteiger partial charge in [-0.1, -0.05) is 30.3 Å². The lowest BCUT2D eigenvalue weighted by molar-refractivity contribution is 0.0950. The smallest absolute Gasteiger partial charge is 0.179 e. The van der Waals surface area contributed by atoms with Crippen LogP contribution >= 0.6 is 0 Å². The first kappa shape index (κ1) is 15.3. The Hall–Kier alpha value is -2.13. The Balaban J connectivity index is 1.95. The van der Waals surface area contributed by atoms with Gasteiger partial charge in [-0.3, -0.25) is 4.79 Å². The first-order valence-electron chi connectivity index (χ1n) is 7.17. The maximum absolute atomic E-state index is 12.4. The standard InChI is InChI=1S/C18H22N2O/c1-14(19-13-15-7-5-4-6-8-15)18(21)16-9-11-17(12-10-16)20(2)3/h4-12,14,19H,13H2,1-3H3. The molecule has 0 amide bonds. The van der Waals surface area contributed by atoms with Crippen molar-refractivity contribution < 1.29 is 4.79 Å². The van der Waals surface area contributed by atoms with Crippen molar-refractivity contribution in [3.05, 3.63) is 65.7 Å². The van der Waals surface area contributed by atoms with Gasteiger partial charge in [-0.05, 0) is 36.8 Å². The first-order chi connectivity index (χ1) is 10.1. The molecule has 2 aromatic rings. The summed E-state index contributed by atoms with van der Waals surface area (Å²) in [7, 11) is 3.97. The molecule has 110 valence electrons. The molecule has 0 bridgehead atoms. The molecule has 0 aliphatic rings. The summed E-state index contributed by atoms with van der Waals surface area (Å²) in [5.41, 5.74) is 3.02. The van der Waals surface area contributed by atoms with Gasteiger partial charge in [-0.15, -0.1) is 0 Å². The van der Waals surface area contributed by atoms with Crippen molar-refractivity contribution in [2.75, 3.05) is 19.0 Å². The molecule has 0 aliphatic carbocycles. The highest BCUT2D eigenvalue weighted by Crippen LogP contribution is 2.13. The lowest BCUT2D eigenvalue weighted by Crippen LogP contribution is -2.33. The van der Waals surface area contributed by atoms with E-state index in [1.54, 1.807) is 0 Å². The van der Waals surface area contributed by atoms with Gasteiger partial charge in [0.1, 0.15) is 0 Å². The fourth-order valence-electron chi connectivity index (χ4n) is 2.13. The Morgan fingerprint density at radius 2 is 1.67 bits per heavy atom. The van der Waals surface area contributed by atoms with E-state index in [1.807, 2.05) is 68.4 Å². The lowest BCUT2D eigenvalue weighted by Gasteiger charge is -2.15. The molecule has 0 heterocycles. The van der Waals surface area contributed by atoms with E-state index in [0.29, 0.717) is 6.54 Å². The number of hydrogen-bond donors (Lipinski definition) is 1. The molecule has 2 rings (SSSR count). The van der Waals surface area contributed by atoms with Gasteiger partial charge in [-0.25, -0.2) is 0 Å². The minimum absolute atomic E-state index is 0.122. The minimum atomic E-state index is -0.199. The van der Waals surface area contributed by atoms with Gasteiger partial charge in [0.2, 0.25) is 0 Å². The number of hydrogen-bond acceptors (Lipinski definition) is 3. The van der Waals surface area contributed by atoms with E-state index in [1.165, 1.54) is 5.56 Å². The third-order valence-corrected chi connectivity index (χ3v) is 3.52. The average Bonchev–Trinajstić information content (AvgIpc) is 2.53. The fourth-order valence-corrected chi connectivity index (χ4v) is 2.13. The van der Waals surface area contributed by atoms with Crippen LogP contribution in [0.3, 0.4) is 0 Å². The second-order valence-corrected chi connectivity index (χ2v) is 5.39. The summed E-state index contributed by atoms with van der Waals surface area (Å²) in [6.45, 7) is 2.61. The molecule has 3 heteroatoms. The molecule has 0 radical (unpaired) electrons. The number of rotatable bonds is 6. The van der Waals surface area contributed by atoms with Crippen molar-refractivity contribution in [3.63, 3.8) is 0 Å². The Morgan fingerprint density at radius 1 is 1.05 bits per heavy atom. The van der Waals surface area contributed by atoms with E-state index in [-0.39, 0.29) is 11.8 Å². The monoisotopic (exact) mass is 282 g/mol. The number of benzene rings is 2. The highest BCUT2D eigenvalue weighted by atomic mass is 16.1. The quantitative estimate of drug-likeness (QED) is 0.826. The van der Waals surface area contributed by atoms with Crippen molar-refractivity contribution in [2.24, 2.45) is 0 Å². The molecule has 0 aromatic heterocycles. The molecule has 1 N–H and O–H groups in total. The largest absolute Gasteiger partial charge is 0.378 e. The Kier molecular flexibility index (Phi) is 5.12. The van der Waals surface area contributed by atoms with E-state index in [9.17, 15) is 4.79 Å². The number of nitrogens with zero attached hydrogens (tertiary/aromatic N) is 1. The van der Waals surface area contributed by atoms with Gasteiger partial charge < -0.3 is 10.2 Å². The van der Waals surface area contributed by atoms with Crippen LogP contribution in [0.15, 0.2) is 54.6 Å².